The zero-order valence-corrected chi connectivity index (χ0v) is 10.7. The van der Waals surface area contributed by atoms with Gasteiger partial charge in [-0.15, -0.1) is 0 Å². The normalized spacial score (nSPS) is 7.18. The molecule has 65 valence electrons. The van der Waals surface area contributed by atoms with Gasteiger partial charge in [-0.25, -0.2) is 0 Å². The third kappa shape index (κ3) is 36.4. The molecule has 0 aromatic rings. The van der Waals surface area contributed by atoms with E-state index in [1.54, 1.807) is 0 Å². The summed E-state index contributed by atoms with van der Waals surface area (Å²) in [5.74, 6) is 0. The van der Waals surface area contributed by atoms with Gasteiger partial charge in [-0.05, 0) is 0 Å². The number of hydrogen-bond acceptors (Lipinski definition) is 1. The summed E-state index contributed by atoms with van der Waals surface area (Å²) in [4.78, 5) is 8.68. The van der Waals surface area contributed by atoms with Gasteiger partial charge in [0.15, 0.2) is 0 Å². The van der Waals surface area contributed by atoms with Gasteiger partial charge in [-0.2, -0.15) is 19.8 Å². The van der Waals surface area contributed by atoms with E-state index in [1.165, 1.54) is 38.9 Å². The first-order valence-electron chi connectivity index (χ1n) is 3.93. The third-order valence-electron chi connectivity index (χ3n) is 0.986. The molecule has 0 aromatic carbocycles. The summed E-state index contributed by atoms with van der Waals surface area (Å²) >= 11 is 0. The van der Waals surface area contributed by atoms with Crippen molar-refractivity contribution in [2.45, 2.75) is 46.5 Å². The van der Waals surface area contributed by atoms with Crippen LogP contribution >= 0.6 is 0 Å². The molecule has 0 N–H and O–H groups in total. The summed E-state index contributed by atoms with van der Waals surface area (Å²) < 4.78 is 0. The molecule has 1 radical (unpaired) electrons. The van der Waals surface area contributed by atoms with Crippen LogP contribution in [0.1, 0.15) is 46.5 Å². The molecule has 0 aliphatic rings. The molecule has 0 rings (SSSR count). The molecule has 0 aliphatic carbocycles. The van der Waals surface area contributed by atoms with Gasteiger partial charge in [-0.3, -0.25) is 6.29 Å². The van der Waals surface area contributed by atoms with E-state index in [9.17, 15) is 0 Å². The van der Waals surface area contributed by atoms with Gasteiger partial charge in [0.25, 0.3) is 0 Å². The van der Waals surface area contributed by atoms with Crippen molar-refractivity contribution in [3.63, 3.8) is 0 Å². The van der Waals surface area contributed by atoms with Gasteiger partial charge < -0.3 is 11.2 Å². The standard InChI is InChI=1S/C7H15.C2H3O.Y/c1-3-5-7-6-4-2;1-2-3;/h7H,3-6H2,1-2H3;1H3;/q2*-1;. The fourth-order valence-electron chi connectivity index (χ4n) is 0.553. The van der Waals surface area contributed by atoms with Gasteiger partial charge in [0.05, 0.1) is 0 Å². The molecule has 11 heavy (non-hydrogen) atoms. The Labute approximate surface area is 96.2 Å². The summed E-state index contributed by atoms with van der Waals surface area (Å²) in [5.41, 5.74) is 0. The van der Waals surface area contributed by atoms with Crippen molar-refractivity contribution in [1.82, 2.24) is 0 Å². The Hall–Kier alpha value is 0.774. The average Bonchev–Trinajstić information content (AvgIpc) is 1.91. The monoisotopic (exact) mass is 231 g/mol. The third-order valence-corrected chi connectivity index (χ3v) is 0.986. The molecular formula is C9H18OY-2. The van der Waals surface area contributed by atoms with E-state index in [4.69, 9.17) is 4.79 Å². The molecule has 0 amide bonds. The topological polar surface area (TPSA) is 17.1 Å². The van der Waals surface area contributed by atoms with Crippen LogP contribution in [-0.2, 0) is 37.5 Å². The quantitative estimate of drug-likeness (QED) is 0.537. The molecule has 0 bridgehead atoms. The summed E-state index contributed by atoms with van der Waals surface area (Å²) in [6.07, 6.45) is 9.07. The molecule has 0 saturated carbocycles. The largest absolute Gasteiger partial charge is 0.542 e. The van der Waals surface area contributed by atoms with E-state index in [0.717, 1.165) is 0 Å². The van der Waals surface area contributed by atoms with E-state index in [2.05, 4.69) is 20.3 Å². The summed E-state index contributed by atoms with van der Waals surface area (Å²) in [5, 5.41) is 0. The Morgan fingerprint density at radius 3 is 1.64 bits per heavy atom. The van der Waals surface area contributed by atoms with Crippen molar-refractivity contribution >= 4 is 6.29 Å². The van der Waals surface area contributed by atoms with Crippen LogP contribution in [0.25, 0.3) is 0 Å². The molecule has 0 atom stereocenters. The summed E-state index contributed by atoms with van der Waals surface area (Å²) in [6.45, 7) is 5.75. The van der Waals surface area contributed by atoms with Gasteiger partial charge in [0.2, 0.25) is 0 Å². The molecule has 0 fully saturated rings. The van der Waals surface area contributed by atoms with E-state index < -0.39 is 0 Å². The molecule has 1 nitrogen and oxygen atoms in total. The molecule has 0 saturated heterocycles. The predicted molar refractivity (Wildman–Crippen MR) is 45.5 cm³/mol. The average molecular weight is 231 g/mol. The fraction of sp³-hybridized carbons (Fsp3) is 0.778. The van der Waals surface area contributed by atoms with Crippen molar-refractivity contribution < 1.29 is 37.5 Å². The van der Waals surface area contributed by atoms with Crippen LogP contribution in [0.5, 0.6) is 0 Å². The van der Waals surface area contributed by atoms with Crippen LogP contribution in [0.2, 0.25) is 0 Å². The van der Waals surface area contributed by atoms with Gasteiger partial charge in [-0.1, -0.05) is 26.7 Å². The molecule has 0 unspecified atom stereocenters. The van der Waals surface area contributed by atoms with Crippen molar-refractivity contribution in [3.05, 3.63) is 6.42 Å². The molecule has 0 heterocycles. The molecular weight excluding hydrogens is 213 g/mol. The van der Waals surface area contributed by atoms with Crippen molar-refractivity contribution in [2.24, 2.45) is 0 Å². The maximum absolute atomic E-state index is 8.68. The Morgan fingerprint density at radius 2 is 1.45 bits per heavy atom. The van der Waals surface area contributed by atoms with E-state index in [0.29, 0.717) is 0 Å². The maximum Gasteiger partial charge on any atom is 0 e. The molecule has 0 aliphatic heterocycles. The number of rotatable bonds is 4. The second-order valence-electron chi connectivity index (χ2n) is 2.07. The van der Waals surface area contributed by atoms with Crippen molar-refractivity contribution in [1.29, 1.82) is 0 Å². The minimum atomic E-state index is 0. The molecule has 0 aromatic heterocycles. The zero-order valence-electron chi connectivity index (χ0n) is 7.89. The summed E-state index contributed by atoms with van der Waals surface area (Å²) in [6, 6.07) is 0. The van der Waals surface area contributed by atoms with Crippen LogP contribution < -0.4 is 0 Å². The Bertz CT molecular complexity index is 51.5. The number of hydrogen-bond donors (Lipinski definition) is 0. The van der Waals surface area contributed by atoms with Gasteiger partial charge >= 0.3 is 0 Å². The zero-order chi connectivity index (χ0) is 8.24. The number of carbonyl (C=O) groups excluding carboxylic acids is 1. The van der Waals surface area contributed by atoms with Crippen molar-refractivity contribution in [2.75, 3.05) is 0 Å². The van der Waals surface area contributed by atoms with E-state index in [-0.39, 0.29) is 32.7 Å². The minimum absolute atomic E-state index is 0. The number of unbranched alkanes of at least 4 members (excludes halogenated alkanes) is 4. The Morgan fingerprint density at radius 1 is 1.18 bits per heavy atom. The summed E-state index contributed by atoms with van der Waals surface area (Å²) in [7, 11) is 0. The smallest absolute Gasteiger partial charge is 0 e. The molecule has 2 heteroatoms. The van der Waals surface area contributed by atoms with Crippen LogP contribution in [0.4, 0.5) is 0 Å². The van der Waals surface area contributed by atoms with Crippen LogP contribution in [-0.4, -0.2) is 6.29 Å². The second kappa shape index (κ2) is 22.4. The van der Waals surface area contributed by atoms with Crippen molar-refractivity contribution in [3.8, 4) is 0 Å². The van der Waals surface area contributed by atoms with E-state index >= 15 is 0 Å². The predicted octanol–water partition coefficient (Wildman–Crippen LogP) is 2.90. The van der Waals surface area contributed by atoms with Crippen LogP contribution in [0.15, 0.2) is 0 Å². The van der Waals surface area contributed by atoms with Gasteiger partial charge in [0, 0.05) is 32.7 Å². The molecule has 0 spiro atoms. The van der Waals surface area contributed by atoms with Crippen LogP contribution in [0, 0.1) is 6.42 Å². The SMILES string of the molecule is CCC[CH-]CCC.C[C-]=O.[Y]. The Balaban J connectivity index is -0.000000140. The van der Waals surface area contributed by atoms with E-state index in [1.807, 2.05) is 0 Å². The fourth-order valence-corrected chi connectivity index (χ4v) is 0.553. The maximum atomic E-state index is 8.68. The van der Waals surface area contributed by atoms with Crippen LogP contribution in [0.3, 0.4) is 0 Å². The Kier molecular flexibility index (Phi) is 36.2. The first-order chi connectivity index (χ1) is 4.83. The first-order valence-corrected chi connectivity index (χ1v) is 3.93. The minimum Gasteiger partial charge on any atom is -0.542 e. The van der Waals surface area contributed by atoms with Gasteiger partial charge in [0.1, 0.15) is 0 Å². The first kappa shape index (κ1) is 17.8. The second-order valence-corrected chi connectivity index (χ2v) is 2.07.